The van der Waals surface area contributed by atoms with Crippen LogP contribution in [0.2, 0.25) is 5.02 Å². The fourth-order valence-electron chi connectivity index (χ4n) is 1.44. The third-order valence-electron chi connectivity index (χ3n) is 2.40. The van der Waals surface area contributed by atoms with Gasteiger partial charge in [-0.15, -0.1) is 0 Å². The fraction of sp³-hybridized carbons (Fsp3) is 0.364. The van der Waals surface area contributed by atoms with Crippen LogP contribution in [0.3, 0.4) is 0 Å². The SMILES string of the molecule is CC(CN)Cc1nc2cc(Cl)c(F)cc2o1. The van der Waals surface area contributed by atoms with Gasteiger partial charge in [-0.2, -0.15) is 0 Å². The molecule has 16 heavy (non-hydrogen) atoms. The molecule has 86 valence electrons. The van der Waals surface area contributed by atoms with Gasteiger partial charge in [0.1, 0.15) is 11.3 Å². The largest absolute Gasteiger partial charge is 0.441 e. The molecule has 1 heterocycles. The fourth-order valence-corrected chi connectivity index (χ4v) is 1.60. The van der Waals surface area contributed by atoms with Gasteiger partial charge in [0.2, 0.25) is 0 Å². The van der Waals surface area contributed by atoms with Crippen LogP contribution >= 0.6 is 11.6 Å². The molecule has 1 unspecified atom stereocenters. The minimum atomic E-state index is -0.497. The minimum absolute atomic E-state index is 0.0548. The Kier molecular flexibility index (Phi) is 3.12. The number of aromatic nitrogens is 1. The first-order valence-corrected chi connectivity index (χ1v) is 5.42. The van der Waals surface area contributed by atoms with Crippen LogP contribution < -0.4 is 5.73 Å². The van der Waals surface area contributed by atoms with Crippen LogP contribution in [0.15, 0.2) is 16.5 Å². The molecule has 0 fully saturated rings. The predicted octanol–water partition coefficient (Wildman–Crippen LogP) is 2.76. The normalized spacial score (nSPS) is 13.2. The number of oxazole rings is 1. The molecule has 0 bridgehead atoms. The number of benzene rings is 1. The maximum atomic E-state index is 13.1. The predicted molar refractivity (Wildman–Crippen MR) is 60.9 cm³/mol. The molecule has 2 aromatic rings. The zero-order chi connectivity index (χ0) is 11.7. The monoisotopic (exact) mass is 242 g/mol. The zero-order valence-electron chi connectivity index (χ0n) is 8.84. The molecule has 5 heteroatoms. The molecule has 0 radical (unpaired) electrons. The van der Waals surface area contributed by atoms with E-state index in [4.69, 9.17) is 21.8 Å². The lowest BCUT2D eigenvalue weighted by Crippen LogP contribution is -2.13. The summed E-state index contributed by atoms with van der Waals surface area (Å²) in [6.07, 6.45) is 0.643. The number of nitrogens with two attached hydrogens (primary N) is 1. The van der Waals surface area contributed by atoms with Crippen LogP contribution in [0.1, 0.15) is 12.8 Å². The highest BCUT2D eigenvalue weighted by molar-refractivity contribution is 6.31. The van der Waals surface area contributed by atoms with Crippen molar-refractivity contribution in [3.63, 3.8) is 0 Å². The van der Waals surface area contributed by atoms with Crippen molar-refractivity contribution in [1.82, 2.24) is 4.98 Å². The van der Waals surface area contributed by atoms with E-state index in [1.165, 1.54) is 12.1 Å². The topological polar surface area (TPSA) is 52.0 Å². The summed E-state index contributed by atoms with van der Waals surface area (Å²) in [6.45, 7) is 2.57. The molecule has 1 aromatic carbocycles. The molecule has 0 aliphatic heterocycles. The third kappa shape index (κ3) is 2.18. The summed E-state index contributed by atoms with van der Waals surface area (Å²) >= 11 is 5.65. The van der Waals surface area contributed by atoms with Gasteiger partial charge in [-0.25, -0.2) is 9.37 Å². The van der Waals surface area contributed by atoms with Crippen LogP contribution in [-0.2, 0) is 6.42 Å². The Morgan fingerprint density at radius 1 is 1.56 bits per heavy atom. The van der Waals surface area contributed by atoms with E-state index in [0.29, 0.717) is 30.0 Å². The standard InChI is InChI=1S/C11H12ClFN2O/c1-6(5-14)2-11-15-9-3-7(12)8(13)4-10(9)16-11/h3-4,6H,2,5,14H2,1H3. The highest BCUT2D eigenvalue weighted by atomic mass is 35.5. The lowest BCUT2D eigenvalue weighted by molar-refractivity contribution is 0.467. The second-order valence-electron chi connectivity index (χ2n) is 3.89. The summed E-state index contributed by atoms with van der Waals surface area (Å²) in [7, 11) is 0. The van der Waals surface area contributed by atoms with Crippen molar-refractivity contribution >= 4 is 22.7 Å². The second kappa shape index (κ2) is 4.39. The molecule has 0 spiro atoms. The highest BCUT2D eigenvalue weighted by Crippen LogP contribution is 2.24. The van der Waals surface area contributed by atoms with E-state index in [9.17, 15) is 4.39 Å². The summed E-state index contributed by atoms with van der Waals surface area (Å²) in [6, 6.07) is 2.72. The number of rotatable bonds is 3. The van der Waals surface area contributed by atoms with Gasteiger partial charge in [-0.3, -0.25) is 0 Å². The average molecular weight is 243 g/mol. The van der Waals surface area contributed by atoms with E-state index in [1.807, 2.05) is 6.92 Å². The lowest BCUT2D eigenvalue weighted by atomic mass is 10.1. The molecule has 0 saturated carbocycles. The second-order valence-corrected chi connectivity index (χ2v) is 4.29. The summed E-state index contributed by atoms with van der Waals surface area (Å²) in [5.74, 6) is 0.353. The maximum Gasteiger partial charge on any atom is 0.195 e. The Labute approximate surface area is 97.4 Å². The molecule has 2 rings (SSSR count). The summed E-state index contributed by atoms with van der Waals surface area (Å²) in [4.78, 5) is 4.23. The van der Waals surface area contributed by atoms with Crippen molar-refractivity contribution < 1.29 is 8.81 Å². The highest BCUT2D eigenvalue weighted by Gasteiger charge is 2.11. The quantitative estimate of drug-likeness (QED) is 0.901. The van der Waals surface area contributed by atoms with E-state index in [0.717, 1.165) is 0 Å². The Morgan fingerprint density at radius 2 is 2.31 bits per heavy atom. The maximum absolute atomic E-state index is 13.1. The average Bonchev–Trinajstić information content (AvgIpc) is 2.60. The van der Waals surface area contributed by atoms with Crippen molar-refractivity contribution in [3.8, 4) is 0 Å². The molecule has 0 aliphatic carbocycles. The molecular formula is C11H12ClFN2O. The van der Waals surface area contributed by atoms with Gasteiger partial charge in [0.15, 0.2) is 11.5 Å². The van der Waals surface area contributed by atoms with Crippen LogP contribution in [-0.4, -0.2) is 11.5 Å². The van der Waals surface area contributed by atoms with E-state index < -0.39 is 5.82 Å². The number of halogens is 2. The first-order chi connectivity index (χ1) is 7.60. The van der Waals surface area contributed by atoms with Crippen LogP contribution in [0, 0.1) is 11.7 Å². The van der Waals surface area contributed by atoms with Crippen molar-refractivity contribution in [3.05, 3.63) is 28.9 Å². The van der Waals surface area contributed by atoms with Gasteiger partial charge < -0.3 is 10.2 Å². The zero-order valence-corrected chi connectivity index (χ0v) is 9.59. The van der Waals surface area contributed by atoms with Crippen LogP contribution in [0.4, 0.5) is 4.39 Å². The van der Waals surface area contributed by atoms with Crippen molar-refractivity contribution in [1.29, 1.82) is 0 Å². The Morgan fingerprint density at radius 3 is 3.00 bits per heavy atom. The van der Waals surface area contributed by atoms with Gasteiger partial charge in [0.25, 0.3) is 0 Å². The summed E-state index contributed by atoms with van der Waals surface area (Å²) < 4.78 is 18.6. The number of nitrogens with zero attached hydrogens (tertiary/aromatic N) is 1. The molecule has 3 nitrogen and oxygen atoms in total. The smallest absolute Gasteiger partial charge is 0.195 e. The molecule has 0 amide bonds. The van der Waals surface area contributed by atoms with E-state index >= 15 is 0 Å². The lowest BCUT2D eigenvalue weighted by Gasteiger charge is -2.02. The molecule has 1 aromatic heterocycles. The van der Waals surface area contributed by atoms with Crippen molar-refractivity contribution in [2.45, 2.75) is 13.3 Å². The van der Waals surface area contributed by atoms with E-state index in [-0.39, 0.29) is 10.9 Å². The van der Waals surface area contributed by atoms with Crippen molar-refractivity contribution in [2.75, 3.05) is 6.54 Å². The Bertz CT molecular complexity index is 473. The number of hydrogen-bond donors (Lipinski definition) is 1. The first kappa shape index (κ1) is 11.4. The number of fused-ring (bicyclic) bond motifs is 1. The molecule has 0 saturated heterocycles. The van der Waals surface area contributed by atoms with Gasteiger partial charge >= 0.3 is 0 Å². The Balaban J connectivity index is 2.36. The molecule has 2 N–H and O–H groups in total. The van der Waals surface area contributed by atoms with E-state index in [2.05, 4.69) is 4.98 Å². The summed E-state index contributed by atoms with van der Waals surface area (Å²) in [5.41, 5.74) is 6.50. The molecule has 1 atom stereocenters. The molecule has 0 aliphatic rings. The van der Waals surface area contributed by atoms with Gasteiger partial charge in [-0.05, 0) is 18.5 Å². The number of hydrogen-bond acceptors (Lipinski definition) is 3. The van der Waals surface area contributed by atoms with Gasteiger partial charge in [0, 0.05) is 12.5 Å². The third-order valence-corrected chi connectivity index (χ3v) is 2.69. The molecular weight excluding hydrogens is 231 g/mol. The van der Waals surface area contributed by atoms with Gasteiger partial charge in [0.05, 0.1) is 5.02 Å². The first-order valence-electron chi connectivity index (χ1n) is 5.04. The van der Waals surface area contributed by atoms with Crippen LogP contribution in [0.25, 0.3) is 11.1 Å². The Hall–Kier alpha value is -1.13. The van der Waals surface area contributed by atoms with E-state index in [1.54, 1.807) is 0 Å². The van der Waals surface area contributed by atoms with Crippen LogP contribution in [0.5, 0.6) is 0 Å². The van der Waals surface area contributed by atoms with Crippen molar-refractivity contribution in [2.24, 2.45) is 11.7 Å². The van der Waals surface area contributed by atoms with Gasteiger partial charge in [-0.1, -0.05) is 18.5 Å². The minimum Gasteiger partial charge on any atom is -0.441 e. The summed E-state index contributed by atoms with van der Waals surface area (Å²) in [5, 5.41) is 0.0548.